The van der Waals surface area contributed by atoms with Crippen LogP contribution in [0.15, 0.2) is 47.2 Å². The highest BCUT2D eigenvalue weighted by Crippen LogP contribution is 2.49. The molecule has 7 nitrogen and oxygen atoms in total. The average molecular weight is 535 g/mol. The minimum absolute atomic E-state index is 0. The molecule has 3 N–H and O–H groups in total. The van der Waals surface area contributed by atoms with Gasteiger partial charge in [0, 0.05) is 47.6 Å². The van der Waals surface area contributed by atoms with Crippen molar-refractivity contribution >= 4 is 12.4 Å². The molecule has 1 aromatic carbocycles. The molecular formula is C23H24ClF5N4O3. The van der Waals surface area contributed by atoms with Gasteiger partial charge in [0.05, 0.1) is 0 Å². The number of hydrogen-bond acceptors (Lipinski definition) is 7. The molecule has 0 spiro atoms. The summed E-state index contributed by atoms with van der Waals surface area (Å²) in [6.07, 6.45) is -2.96. The largest absolute Gasteiger partial charge is 0.458 e. The second kappa shape index (κ2) is 9.02. The van der Waals surface area contributed by atoms with Gasteiger partial charge in [-0.2, -0.15) is 26.9 Å². The summed E-state index contributed by atoms with van der Waals surface area (Å²) in [5, 5.41) is 29.0. The lowest BCUT2D eigenvalue weighted by Crippen LogP contribution is -2.63. The maximum Gasteiger partial charge on any atom is 0.458 e. The van der Waals surface area contributed by atoms with Crippen molar-refractivity contribution in [2.45, 2.75) is 44.1 Å². The Morgan fingerprint density at radius 1 is 0.944 bits per heavy atom. The zero-order valence-electron chi connectivity index (χ0n) is 19.4. The number of pyridine rings is 1. The molecule has 2 aromatic heterocycles. The number of alkyl halides is 5. The molecule has 196 valence electrons. The molecule has 1 fully saturated rings. The first-order valence-electron chi connectivity index (χ1n) is 10.6. The molecule has 0 bridgehead atoms. The van der Waals surface area contributed by atoms with Crippen molar-refractivity contribution in [1.29, 1.82) is 0 Å². The normalized spacial score (nSPS) is 17.6. The van der Waals surface area contributed by atoms with Crippen LogP contribution < -0.4 is 5.32 Å². The van der Waals surface area contributed by atoms with Crippen LogP contribution in [0.4, 0.5) is 22.0 Å². The molecule has 0 unspecified atom stereocenters. The third kappa shape index (κ3) is 4.47. The molecule has 13 heteroatoms. The zero-order chi connectivity index (χ0) is 25.9. The summed E-state index contributed by atoms with van der Waals surface area (Å²) < 4.78 is 71.1. The Balaban J connectivity index is 0.00000361. The van der Waals surface area contributed by atoms with Gasteiger partial charge < -0.3 is 20.1 Å². The van der Waals surface area contributed by atoms with Crippen LogP contribution in [-0.4, -0.2) is 44.6 Å². The van der Waals surface area contributed by atoms with E-state index in [0.717, 1.165) is 12.1 Å². The SMILES string of the molecule is CC(C)(O)c1nc(-c2cncc([C@@](O)(c3ccc(C(F)(F)C(F)(F)F)cc3)C3(C)CNC3)c2)no1.Cl. The lowest BCUT2D eigenvalue weighted by atomic mass is 9.63. The molecule has 4 rings (SSSR count). The molecule has 1 atom stereocenters. The van der Waals surface area contributed by atoms with Crippen LogP contribution in [0.2, 0.25) is 0 Å². The number of aliphatic hydroxyl groups is 2. The van der Waals surface area contributed by atoms with E-state index < -0.39 is 34.3 Å². The van der Waals surface area contributed by atoms with Gasteiger partial charge in [-0.3, -0.25) is 4.98 Å². The topological polar surface area (TPSA) is 104 Å². The third-order valence-electron chi connectivity index (χ3n) is 6.29. The standard InChI is InChI=1S/C23H23F5N4O3.ClH/c1-19(2,33)18-31-17(32-35-18)13-8-16(10-29-9-13)21(34,20(3)11-30-12-20)14-4-6-15(7-5-14)22(24,25)23(26,27)28;/h4-10,30,33-34H,11-12H2,1-3H3;1H/t21-;/m0./s1. The Morgan fingerprint density at radius 3 is 2.00 bits per heavy atom. The highest BCUT2D eigenvalue weighted by Gasteiger charge is 2.59. The summed E-state index contributed by atoms with van der Waals surface area (Å²) in [6, 6.07) is 4.98. The Hall–Kier alpha value is -2.67. The maximum atomic E-state index is 13.8. The first-order valence-corrected chi connectivity index (χ1v) is 10.6. The van der Waals surface area contributed by atoms with E-state index in [9.17, 15) is 32.2 Å². The van der Waals surface area contributed by atoms with E-state index in [-0.39, 0.29) is 35.2 Å². The molecule has 36 heavy (non-hydrogen) atoms. The van der Waals surface area contributed by atoms with Crippen molar-refractivity contribution in [2.24, 2.45) is 5.41 Å². The van der Waals surface area contributed by atoms with Crippen molar-refractivity contribution in [3.63, 3.8) is 0 Å². The summed E-state index contributed by atoms with van der Waals surface area (Å²) >= 11 is 0. The van der Waals surface area contributed by atoms with Crippen molar-refractivity contribution in [3.05, 3.63) is 65.3 Å². The van der Waals surface area contributed by atoms with Gasteiger partial charge >= 0.3 is 12.1 Å². The maximum absolute atomic E-state index is 13.8. The van der Waals surface area contributed by atoms with Crippen LogP contribution in [0, 0.1) is 5.41 Å². The summed E-state index contributed by atoms with van der Waals surface area (Å²) in [4.78, 5) is 8.31. The zero-order valence-corrected chi connectivity index (χ0v) is 20.2. The van der Waals surface area contributed by atoms with Crippen LogP contribution in [0.5, 0.6) is 0 Å². The minimum atomic E-state index is -5.75. The number of nitrogens with zero attached hydrogens (tertiary/aromatic N) is 3. The molecule has 0 amide bonds. The van der Waals surface area contributed by atoms with Crippen molar-refractivity contribution in [2.75, 3.05) is 13.1 Å². The molecule has 1 aliphatic heterocycles. The van der Waals surface area contributed by atoms with Crippen LogP contribution in [0.25, 0.3) is 11.4 Å². The quantitative estimate of drug-likeness (QED) is 0.405. The van der Waals surface area contributed by atoms with Gasteiger partial charge in [0.25, 0.3) is 5.89 Å². The predicted molar refractivity (Wildman–Crippen MR) is 120 cm³/mol. The van der Waals surface area contributed by atoms with Crippen molar-refractivity contribution < 1.29 is 36.7 Å². The van der Waals surface area contributed by atoms with Gasteiger partial charge in [-0.1, -0.05) is 36.3 Å². The Kier molecular flexibility index (Phi) is 6.99. The average Bonchev–Trinajstić information content (AvgIpc) is 3.27. The van der Waals surface area contributed by atoms with E-state index in [1.54, 1.807) is 6.92 Å². The molecule has 3 aromatic rings. The van der Waals surface area contributed by atoms with Crippen molar-refractivity contribution in [3.8, 4) is 11.4 Å². The van der Waals surface area contributed by atoms with Crippen LogP contribution in [0.1, 0.15) is 43.4 Å². The highest BCUT2D eigenvalue weighted by molar-refractivity contribution is 5.85. The summed E-state index contributed by atoms with van der Waals surface area (Å²) in [5.41, 5.74) is -4.55. The van der Waals surface area contributed by atoms with E-state index in [1.165, 1.54) is 32.3 Å². The second-order valence-corrected chi connectivity index (χ2v) is 9.47. The molecule has 1 saturated heterocycles. The third-order valence-corrected chi connectivity index (χ3v) is 6.29. The van der Waals surface area contributed by atoms with Crippen LogP contribution in [-0.2, 0) is 17.1 Å². The molecule has 0 aliphatic carbocycles. The fourth-order valence-electron chi connectivity index (χ4n) is 4.05. The Morgan fingerprint density at radius 2 is 1.53 bits per heavy atom. The first kappa shape index (κ1) is 27.9. The fourth-order valence-corrected chi connectivity index (χ4v) is 4.05. The van der Waals surface area contributed by atoms with E-state index in [4.69, 9.17) is 4.52 Å². The second-order valence-electron chi connectivity index (χ2n) is 9.47. The number of aromatic nitrogens is 3. The number of halogens is 6. The molecular weight excluding hydrogens is 511 g/mol. The van der Waals surface area contributed by atoms with Gasteiger partial charge in [0.2, 0.25) is 5.82 Å². The van der Waals surface area contributed by atoms with E-state index in [2.05, 4.69) is 20.4 Å². The molecule has 1 aliphatic rings. The monoisotopic (exact) mass is 534 g/mol. The Bertz CT molecular complexity index is 1220. The van der Waals surface area contributed by atoms with E-state index >= 15 is 0 Å². The lowest BCUT2D eigenvalue weighted by Gasteiger charge is -2.52. The summed E-state index contributed by atoms with van der Waals surface area (Å²) in [6.45, 7) is 5.38. The van der Waals surface area contributed by atoms with Crippen molar-refractivity contribution in [1.82, 2.24) is 20.4 Å². The van der Waals surface area contributed by atoms with Gasteiger partial charge in [-0.05, 0) is 25.5 Å². The minimum Gasteiger partial charge on any atom is -0.381 e. The fraction of sp³-hybridized carbons (Fsp3) is 0.435. The predicted octanol–water partition coefficient (Wildman–Crippen LogP) is 4.28. The number of hydrogen-bond donors (Lipinski definition) is 3. The van der Waals surface area contributed by atoms with Gasteiger partial charge in [0.1, 0.15) is 11.2 Å². The Labute approximate surface area is 209 Å². The lowest BCUT2D eigenvalue weighted by molar-refractivity contribution is -0.289. The molecule has 3 heterocycles. The van der Waals surface area contributed by atoms with Gasteiger partial charge in [-0.15, -0.1) is 12.4 Å². The first-order chi connectivity index (χ1) is 16.1. The number of nitrogens with one attached hydrogen (secondary N) is 1. The van der Waals surface area contributed by atoms with E-state index in [1.807, 2.05) is 0 Å². The van der Waals surface area contributed by atoms with Crippen LogP contribution in [0.3, 0.4) is 0 Å². The van der Waals surface area contributed by atoms with E-state index in [0.29, 0.717) is 30.8 Å². The van der Waals surface area contributed by atoms with Gasteiger partial charge in [-0.25, -0.2) is 0 Å². The number of benzene rings is 1. The summed E-state index contributed by atoms with van der Waals surface area (Å²) in [7, 11) is 0. The molecule has 0 saturated carbocycles. The highest BCUT2D eigenvalue weighted by atomic mass is 35.5. The van der Waals surface area contributed by atoms with Gasteiger partial charge in [0.15, 0.2) is 0 Å². The smallest absolute Gasteiger partial charge is 0.381 e. The number of rotatable bonds is 6. The summed E-state index contributed by atoms with van der Waals surface area (Å²) in [5.74, 6) is -4.98. The molecule has 0 radical (unpaired) electrons. The van der Waals surface area contributed by atoms with Crippen LogP contribution >= 0.6 is 12.4 Å².